The highest BCUT2D eigenvalue weighted by Gasteiger charge is 2.24. The van der Waals surface area contributed by atoms with Gasteiger partial charge in [0.1, 0.15) is 0 Å². The van der Waals surface area contributed by atoms with Crippen molar-refractivity contribution < 1.29 is 0 Å². The summed E-state index contributed by atoms with van der Waals surface area (Å²) in [5.41, 5.74) is 5.78. The van der Waals surface area contributed by atoms with Crippen molar-refractivity contribution in [3.8, 4) is 12.1 Å². The molecule has 0 saturated heterocycles. The molecular formula is C18H12N4. The molecule has 4 heteroatoms. The summed E-state index contributed by atoms with van der Waals surface area (Å²) in [6, 6.07) is 15.9. The number of fused-ring (bicyclic) bond motifs is 2. The van der Waals surface area contributed by atoms with Crippen molar-refractivity contribution >= 4 is 16.6 Å². The number of aromatic nitrogens is 1. The number of hydrogen-bond acceptors (Lipinski definition) is 3. The third-order valence-electron chi connectivity index (χ3n) is 4.21. The Hall–Kier alpha value is -3.24. The van der Waals surface area contributed by atoms with Gasteiger partial charge in [0.25, 0.3) is 0 Å². The van der Waals surface area contributed by atoms with Crippen molar-refractivity contribution in [2.24, 2.45) is 0 Å². The molecule has 0 bridgehead atoms. The fourth-order valence-electron chi connectivity index (χ4n) is 3.12. The molecule has 1 atom stereocenters. The van der Waals surface area contributed by atoms with Gasteiger partial charge in [-0.2, -0.15) is 10.5 Å². The highest BCUT2D eigenvalue weighted by atomic mass is 15.0. The summed E-state index contributed by atoms with van der Waals surface area (Å²) in [5, 5.41) is 22.7. The molecule has 1 aliphatic rings. The Morgan fingerprint density at radius 2 is 1.77 bits per heavy atom. The van der Waals surface area contributed by atoms with Crippen LogP contribution in [0.3, 0.4) is 0 Å². The van der Waals surface area contributed by atoms with Crippen molar-refractivity contribution in [1.82, 2.24) is 4.98 Å². The van der Waals surface area contributed by atoms with Crippen molar-refractivity contribution in [3.63, 3.8) is 0 Å². The van der Waals surface area contributed by atoms with Gasteiger partial charge in [-0.25, -0.2) is 0 Å². The van der Waals surface area contributed by atoms with E-state index < -0.39 is 0 Å². The van der Waals surface area contributed by atoms with E-state index in [1.807, 2.05) is 42.6 Å². The summed E-state index contributed by atoms with van der Waals surface area (Å²) in [4.78, 5) is 3.26. The molecule has 0 saturated carbocycles. The summed E-state index contributed by atoms with van der Waals surface area (Å²) < 4.78 is 0. The lowest BCUT2D eigenvalue weighted by Crippen LogP contribution is -2.04. The molecule has 22 heavy (non-hydrogen) atoms. The Labute approximate surface area is 127 Å². The monoisotopic (exact) mass is 284 g/mol. The molecular weight excluding hydrogens is 272 g/mol. The van der Waals surface area contributed by atoms with E-state index in [9.17, 15) is 0 Å². The molecule has 0 radical (unpaired) electrons. The molecule has 0 aliphatic carbocycles. The summed E-state index contributed by atoms with van der Waals surface area (Å²) >= 11 is 0. The molecule has 104 valence electrons. The van der Waals surface area contributed by atoms with Crippen molar-refractivity contribution in [3.05, 3.63) is 64.8 Å². The highest BCUT2D eigenvalue weighted by molar-refractivity contribution is 5.86. The molecule has 1 unspecified atom stereocenters. The Morgan fingerprint density at radius 1 is 1.00 bits per heavy atom. The van der Waals surface area contributed by atoms with Gasteiger partial charge < -0.3 is 10.3 Å². The Balaban J connectivity index is 1.75. The van der Waals surface area contributed by atoms with Gasteiger partial charge in [0, 0.05) is 22.8 Å². The second-order valence-electron chi connectivity index (χ2n) is 5.50. The third kappa shape index (κ3) is 1.82. The van der Waals surface area contributed by atoms with Gasteiger partial charge in [-0.3, -0.25) is 0 Å². The largest absolute Gasteiger partial charge is 0.378 e. The topological polar surface area (TPSA) is 75.4 Å². The van der Waals surface area contributed by atoms with Gasteiger partial charge >= 0.3 is 0 Å². The molecule has 3 aromatic rings. The zero-order valence-electron chi connectivity index (χ0n) is 11.7. The number of nitriles is 2. The first-order valence-electron chi connectivity index (χ1n) is 7.09. The van der Waals surface area contributed by atoms with Crippen LogP contribution >= 0.6 is 0 Å². The van der Waals surface area contributed by atoms with E-state index in [-0.39, 0.29) is 6.04 Å². The molecule has 4 rings (SSSR count). The van der Waals surface area contributed by atoms with Gasteiger partial charge in [0.2, 0.25) is 0 Å². The first-order chi connectivity index (χ1) is 10.8. The van der Waals surface area contributed by atoms with Gasteiger partial charge in [-0.15, -0.1) is 0 Å². The summed E-state index contributed by atoms with van der Waals surface area (Å²) in [6.45, 7) is 0. The van der Waals surface area contributed by atoms with Crippen LogP contribution in [0.2, 0.25) is 0 Å². The second-order valence-corrected chi connectivity index (χ2v) is 5.50. The van der Waals surface area contributed by atoms with Crippen LogP contribution < -0.4 is 5.32 Å². The molecule has 0 spiro atoms. The number of nitrogens with zero attached hydrogens (tertiary/aromatic N) is 2. The molecule has 0 fully saturated rings. The lowest BCUT2D eigenvalue weighted by Gasteiger charge is -2.10. The summed E-state index contributed by atoms with van der Waals surface area (Å²) in [5.74, 6) is 0. The quantitative estimate of drug-likeness (QED) is 0.716. The third-order valence-corrected chi connectivity index (χ3v) is 4.21. The number of rotatable bonds is 1. The minimum Gasteiger partial charge on any atom is -0.378 e. The Morgan fingerprint density at radius 3 is 2.59 bits per heavy atom. The van der Waals surface area contributed by atoms with Gasteiger partial charge in [0.15, 0.2) is 0 Å². The minimum atomic E-state index is 0.159. The lowest BCUT2D eigenvalue weighted by atomic mass is 10.0. The first-order valence-corrected chi connectivity index (χ1v) is 7.09. The summed E-state index contributed by atoms with van der Waals surface area (Å²) in [6.07, 6.45) is 2.84. The Kier molecular flexibility index (Phi) is 2.64. The molecule has 2 heterocycles. The fourth-order valence-corrected chi connectivity index (χ4v) is 3.12. The summed E-state index contributed by atoms with van der Waals surface area (Å²) in [7, 11) is 0. The zero-order chi connectivity index (χ0) is 15.1. The minimum absolute atomic E-state index is 0.159. The molecule has 4 nitrogen and oxygen atoms in total. The van der Waals surface area contributed by atoms with Crippen LogP contribution in [0.1, 0.15) is 28.3 Å². The smallest absolute Gasteiger partial charge is 0.0991 e. The van der Waals surface area contributed by atoms with Gasteiger partial charge in [0.05, 0.1) is 29.3 Å². The van der Waals surface area contributed by atoms with Crippen molar-refractivity contribution in [1.29, 1.82) is 10.5 Å². The standard InChI is InChI=1S/C18H12N4/c19-8-11-1-3-16-13(5-11)7-18(22-16)15-10-21-17-4-2-12(9-20)6-14(15)17/h1-6,10,18,21-22H,7H2. The maximum absolute atomic E-state index is 9.08. The molecule has 1 aliphatic heterocycles. The van der Waals surface area contributed by atoms with E-state index in [0.717, 1.165) is 34.1 Å². The SMILES string of the molecule is N#Cc1ccc2c(c1)CC(c1c[nH]c3ccc(C#N)cc13)N2. The molecule has 2 aromatic carbocycles. The number of anilines is 1. The number of nitrogens with one attached hydrogen (secondary N) is 2. The number of H-pyrrole nitrogens is 1. The van der Waals surface area contributed by atoms with E-state index >= 15 is 0 Å². The van der Waals surface area contributed by atoms with Crippen molar-refractivity contribution in [2.75, 3.05) is 5.32 Å². The number of aromatic amines is 1. The van der Waals surface area contributed by atoms with Crippen LogP contribution in [-0.2, 0) is 6.42 Å². The fraction of sp³-hybridized carbons (Fsp3) is 0.111. The number of hydrogen-bond donors (Lipinski definition) is 2. The average molecular weight is 284 g/mol. The first kappa shape index (κ1) is 12.5. The van der Waals surface area contributed by atoms with Crippen LogP contribution in [0, 0.1) is 22.7 Å². The van der Waals surface area contributed by atoms with E-state index in [1.165, 1.54) is 0 Å². The molecule has 2 N–H and O–H groups in total. The predicted molar refractivity (Wildman–Crippen MR) is 84.2 cm³/mol. The zero-order valence-corrected chi connectivity index (χ0v) is 11.7. The molecule has 1 aromatic heterocycles. The van der Waals surface area contributed by atoms with Gasteiger partial charge in [-0.05, 0) is 53.9 Å². The second kappa shape index (κ2) is 4.65. The maximum atomic E-state index is 9.08. The maximum Gasteiger partial charge on any atom is 0.0991 e. The Bertz CT molecular complexity index is 969. The van der Waals surface area contributed by atoms with Crippen LogP contribution in [0.4, 0.5) is 5.69 Å². The lowest BCUT2D eigenvalue weighted by molar-refractivity contribution is 0.831. The van der Waals surface area contributed by atoms with Crippen LogP contribution in [0.25, 0.3) is 10.9 Å². The number of benzene rings is 2. The predicted octanol–water partition coefficient (Wildman–Crippen LogP) is 3.62. The van der Waals surface area contributed by atoms with Crippen LogP contribution in [0.5, 0.6) is 0 Å². The van der Waals surface area contributed by atoms with Gasteiger partial charge in [-0.1, -0.05) is 0 Å². The van der Waals surface area contributed by atoms with E-state index in [4.69, 9.17) is 10.5 Å². The van der Waals surface area contributed by atoms with Crippen LogP contribution in [0.15, 0.2) is 42.6 Å². The van der Waals surface area contributed by atoms with E-state index in [0.29, 0.717) is 11.1 Å². The van der Waals surface area contributed by atoms with Crippen molar-refractivity contribution in [2.45, 2.75) is 12.5 Å². The van der Waals surface area contributed by atoms with E-state index in [1.54, 1.807) is 0 Å². The molecule has 0 amide bonds. The van der Waals surface area contributed by atoms with E-state index in [2.05, 4.69) is 22.4 Å². The highest BCUT2D eigenvalue weighted by Crippen LogP contribution is 2.37. The normalized spacial score (nSPS) is 15.8. The van der Waals surface area contributed by atoms with Crippen LogP contribution in [-0.4, -0.2) is 4.98 Å². The average Bonchev–Trinajstić information content (AvgIpc) is 3.16.